The number of ether oxygens (including phenoxy) is 1. The van der Waals surface area contributed by atoms with Gasteiger partial charge in [-0.1, -0.05) is 41.3 Å². The average Bonchev–Trinajstić information content (AvgIpc) is 2.29. The molecule has 78 valence electrons. The first-order valence-corrected chi connectivity index (χ1v) is 5.28. The second-order valence-corrected chi connectivity index (χ2v) is 3.91. The third-order valence-corrected chi connectivity index (χ3v) is 2.59. The minimum absolute atomic E-state index is 0.696. The summed E-state index contributed by atoms with van der Waals surface area (Å²) in [4.78, 5) is 0. The summed E-state index contributed by atoms with van der Waals surface area (Å²) in [5.41, 5.74) is 2.65. The van der Waals surface area contributed by atoms with Crippen LogP contribution in [-0.2, 0) is 0 Å². The molecule has 2 aromatic carbocycles. The van der Waals surface area contributed by atoms with Gasteiger partial charge in [0.1, 0.15) is 13.6 Å². The van der Waals surface area contributed by atoms with Gasteiger partial charge in [-0.05, 0) is 23.8 Å². The lowest BCUT2D eigenvalue weighted by Gasteiger charge is -2.10. The van der Waals surface area contributed by atoms with Crippen molar-refractivity contribution in [2.24, 2.45) is 0 Å². The van der Waals surface area contributed by atoms with E-state index in [0.29, 0.717) is 10.5 Å². The van der Waals surface area contributed by atoms with Crippen LogP contribution in [0.5, 0.6) is 5.75 Å². The van der Waals surface area contributed by atoms with Gasteiger partial charge in [0.15, 0.2) is 0 Å². The van der Waals surface area contributed by atoms with Crippen molar-refractivity contribution in [3.8, 4) is 16.9 Å². The molecule has 0 heterocycles. The molecule has 0 unspecified atom stereocenters. The van der Waals surface area contributed by atoms with Gasteiger partial charge in [-0.25, -0.2) is 0 Å². The fraction of sp³-hybridized carbons (Fsp3) is 0.0769. The topological polar surface area (TPSA) is 9.23 Å². The van der Waals surface area contributed by atoms with Crippen LogP contribution in [0.4, 0.5) is 0 Å². The number of halogens is 1. The maximum atomic E-state index is 5.96. The van der Waals surface area contributed by atoms with Gasteiger partial charge in [0.05, 0.1) is 7.11 Å². The molecule has 0 N–H and O–H groups in total. The first-order valence-electron chi connectivity index (χ1n) is 4.90. The highest BCUT2D eigenvalue weighted by molar-refractivity contribution is 6.33. The summed E-state index contributed by atoms with van der Waals surface area (Å²) in [6.07, 6.45) is 0. The average molecular weight is 228 g/mol. The molecule has 0 aliphatic heterocycles. The van der Waals surface area contributed by atoms with Crippen molar-refractivity contribution < 1.29 is 4.74 Å². The fourth-order valence-corrected chi connectivity index (χ4v) is 1.80. The van der Waals surface area contributed by atoms with Crippen molar-refractivity contribution in [2.75, 3.05) is 7.11 Å². The number of rotatable bonds is 2. The Bertz CT molecular complexity index is 511. The van der Waals surface area contributed by atoms with Crippen LogP contribution in [0.1, 0.15) is 0 Å². The number of hydrogen-bond acceptors (Lipinski definition) is 1. The maximum Gasteiger partial charge on any atom is 0.126 e. The predicted molar refractivity (Wildman–Crippen MR) is 68.8 cm³/mol. The molecule has 0 fully saturated rings. The number of methoxy groups -OCH3 is 1. The van der Waals surface area contributed by atoms with Gasteiger partial charge in [-0.3, -0.25) is 0 Å². The Morgan fingerprint density at radius 3 is 2.62 bits per heavy atom. The summed E-state index contributed by atoms with van der Waals surface area (Å²) in [7, 11) is 7.41. The maximum absolute atomic E-state index is 5.96. The summed E-state index contributed by atoms with van der Waals surface area (Å²) >= 11 is 5.96. The highest BCUT2D eigenvalue weighted by atomic mass is 35.5. The monoisotopic (exact) mass is 228 g/mol. The van der Waals surface area contributed by atoms with E-state index < -0.39 is 0 Å². The molecule has 0 saturated carbocycles. The molecule has 0 aliphatic carbocycles. The first-order chi connectivity index (χ1) is 7.70. The second-order valence-electron chi connectivity index (χ2n) is 3.47. The smallest absolute Gasteiger partial charge is 0.126 e. The molecule has 2 aromatic rings. The van der Waals surface area contributed by atoms with E-state index in [0.717, 1.165) is 16.9 Å². The molecule has 0 bridgehead atoms. The van der Waals surface area contributed by atoms with Crippen molar-refractivity contribution >= 4 is 24.9 Å². The van der Waals surface area contributed by atoms with Crippen LogP contribution in [-0.4, -0.2) is 15.0 Å². The molecule has 0 aromatic heterocycles. The Hall–Kier alpha value is -1.41. The van der Waals surface area contributed by atoms with E-state index in [2.05, 4.69) is 0 Å². The van der Waals surface area contributed by atoms with Crippen LogP contribution in [0.15, 0.2) is 42.5 Å². The van der Waals surface area contributed by atoms with E-state index in [1.54, 1.807) is 7.11 Å². The molecule has 0 saturated heterocycles. The second kappa shape index (κ2) is 4.62. The lowest BCUT2D eigenvalue weighted by atomic mass is 9.92. The molecule has 16 heavy (non-hydrogen) atoms. The fourth-order valence-electron chi connectivity index (χ4n) is 1.61. The molecule has 0 amide bonds. The van der Waals surface area contributed by atoms with E-state index in [1.807, 2.05) is 42.5 Å². The zero-order valence-electron chi connectivity index (χ0n) is 8.91. The molecule has 2 rings (SSSR count). The van der Waals surface area contributed by atoms with Crippen molar-refractivity contribution in [1.82, 2.24) is 0 Å². The van der Waals surface area contributed by atoms with Crippen LogP contribution in [0.25, 0.3) is 11.1 Å². The normalized spacial score (nSPS) is 10.1. The quantitative estimate of drug-likeness (QED) is 0.718. The van der Waals surface area contributed by atoms with Gasteiger partial charge >= 0.3 is 0 Å². The van der Waals surface area contributed by atoms with Gasteiger partial charge in [0, 0.05) is 10.6 Å². The molecule has 1 nitrogen and oxygen atoms in total. The van der Waals surface area contributed by atoms with Gasteiger partial charge in [0.2, 0.25) is 0 Å². The molecular formula is C13H10BClO. The van der Waals surface area contributed by atoms with E-state index >= 15 is 0 Å². The van der Waals surface area contributed by atoms with E-state index in [-0.39, 0.29) is 0 Å². The SMILES string of the molecule is [B]c1ccc(OC)c(-c2cccc(Cl)c2)c1. The van der Waals surface area contributed by atoms with Crippen LogP contribution in [0.2, 0.25) is 5.02 Å². The van der Waals surface area contributed by atoms with Crippen molar-refractivity contribution in [1.29, 1.82) is 0 Å². The molecular weight excluding hydrogens is 218 g/mol. The van der Waals surface area contributed by atoms with Crippen LogP contribution in [0.3, 0.4) is 0 Å². The minimum Gasteiger partial charge on any atom is -0.496 e. The zero-order valence-corrected chi connectivity index (χ0v) is 9.66. The minimum atomic E-state index is 0.696. The van der Waals surface area contributed by atoms with Crippen molar-refractivity contribution in [3.63, 3.8) is 0 Å². The molecule has 0 aliphatic rings. The Balaban J connectivity index is 2.58. The Kier molecular flexibility index (Phi) is 3.21. The van der Waals surface area contributed by atoms with E-state index in [4.69, 9.17) is 24.2 Å². The lowest BCUT2D eigenvalue weighted by molar-refractivity contribution is 0.416. The third kappa shape index (κ3) is 2.22. The highest BCUT2D eigenvalue weighted by Gasteiger charge is 2.05. The molecule has 0 atom stereocenters. The van der Waals surface area contributed by atoms with E-state index in [9.17, 15) is 0 Å². The Morgan fingerprint density at radius 1 is 1.12 bits per heavy atom. The molecule has 0 spiro atoms. The number of benzene rings is 2. The van der Waals surface area contributed by atoms with Crippen LogP contribution >= 0.6 is 11.6 Å². The summed E-state index contributed by atoms with van der Waals surface area (Å²) in [5, 5.41) is 0.696. The highest BCUT2D eigenvalue weighted by Crippen LogP contribution is 2.30. The Morgan fingerprint density at radius 2 is 1.94 bits per heavy atom. The van der Waals surface area contributed by atoms with Crippen LogP contribution in [0, 0.1) is 0 Å². The molecule has 2 radical (unpaired) electrons. The zero-order chi connectivity index (χ0) is 11.5. The third-order valence-electron chi connectivity index (χ3n) is 2.36. The standard InChI is InChI=1S/C13H10BClO/c1-16-13-6-5-10(14)8-12(13)9-3-2-4-11(15)7-9/h2-8H,1H3. The van der Waals surface area contributed by atoms with Gasteiger partial charge in [-0.15, -0.1) is 0 Å². The summed E-state index contributed by atoms with van der Waals surface area (Å²) in [6, 6.07) is 13.1. The number of hydrogen-bond donors (Lipinski definition) is 0. The van der Waals surface area contributed by atoms with Gasteiger partial charge in [0.25, 0.3) is 0 Å². The summed E-state index contributed by atoms with van der Waals surface area (Å²) < 4.78 is 5.30. The van der Waals surface area contributed by atoms with Crippen molar-refractivity contribution in [2.45, 2.75) is 0 Å². The summed E-state index contributed by atoms with van der Waals surface area (Å²) in [5.74, 6) is 0.788. The van der Waals surface area contributed by atoms with Crippen molar-refractivity contribution in [3.05, 3.63) is 47.5 Å². The van der Waals surface area contributed by atoms with Gasteiger partial charge in [-0.2, -0.15) is 0 Å². The largest absolute Gasteiger partial charge is 0.496 e. The van der Waals surface area contributed by atoms with Gasteiger partial charge < -0.3 is 4.74 Å². The van der Waals surface area contributed by atoms with Crippen LogP contribution < -0.4 is 10.2 Å². The van der Waals surface area contributed by atoms with E-state index in [1.165, 1.54) is 0 Å². The first kappa shape index (κ1) is 11.1. The lowest BCUT2D eigenvalue weighted by Crippen LogP contribution is -2.02. The Labute approximate surface area is 101 Å². The summed E-state index contributed by atoms with van der Waals surface area (Å²) in [6.45, 7) is 0. The molecule has 3 heteroatoms. The predicted octanol–water partition coefficient (Wildman–Crippen LogP) is 2.81.